The normalized spacial score (nSPS) is 23.5. The Labute approximate surface area is 142 Å². The molecule has 1 saturated carbocycles. The Kier molecular flexibility index (Phi) is 5.48. The van der Waals surface area contributed by atoms with Gasteiger partial charge < -0.3 is 15.4 Å². The van der Waals surface area contributed by atoms with Crippen molar-refractivity contribution in [2.24, 2.45) is 11.8 Å². The zero-order valence-electron chi connectivity index (χ0n) is 14.1. The van der Waals surface area contributed by atoms with Gasteiger partial charge in [0.2, 0.25) is 11.8 Å². The number of carbonyl (C=O) groups excluding carboxylic acids is 2. The second-order valence-electron chi connectivity index (χ2n) is 6.55. The van der Waals surface area contributed by atoms with Crippen molar-refractivity contribution in [1.82, 2.24) is 10.2 Å². The molecular weight excluding hydrogens is 306 g/mol. The number of benzene rings is 1. The van der Waals surface area contributed by atoms with E-state index in [1.807, 2.05) is 31.2 Å². The number of aryl methyl sites for hydroxylation is 1. The van der Waals surface area contributed by atoms with Crippen LogP contribution < -0.4 is 10.6 Å². The van der Waals surface area contributed by atoms with Crippen LogP contribution in [0.2, 0.25) is 0 Å². The molecule has 2 atom stereocenters. The molecule has 1 heterocycles. The van der Waals surface area contributed by atoms with Crippen molar-refractivity contribution >= 4 is 17.5 Å². The molecule has 1 aromatic rings. The molecule has 6 heteroatoms. The lowest BCUT2D eigenvalue weighted by Gasteiger charge is -2.26. The highest BCUT2D eigenvalue weighted by Gasteiger charge is 2.47. The smallest absolute Gasteiger partial charge is 0.228 e. The standard InChI is InChI=1S/C18H25N3O3/c1-13-2-4-14(5-3-13)20-18(23)16-12-15(16)17(22)19-6-7-21-8-10-24-11-9-21/h2-5,15-16H,6-12H2,1H3,(H,19,22)(H,20,23). The average molecular weight is 331 g/mol. The van der Waals surface area contributed by atoms with Crippen LogP contribution in [0.3, 0.4) is 0 Å². The topological polar surface area (TPSA) is 70.7 Å². The number of carbonyl (C=O) groups is 2. The maximum Gasteiger partial charge on any atom is 0.228 e. The van der Waals surface area contributed by atoms with Crippen molar-refractivity contribution < 1.29 is 14.3 Å². The quantitative estimate of drug-likeness (QED) is 0.816. The lowest BCUT2D eigenvalue weighted by molar-refractivity contribution is -0.125. The van der Waals surface area contributed by atoms with Crippen LogP contribution in [0.4, 0.5) is 5.69 Å². The summed E-state index contributed by atoms with van der Waals surface area (Å²) in [6.45, 7) is 6.82. The van der Waals surface area contributed by atoms with Crippen LogP contribution in [0.5, 0.6) is 0 Å². The van der Waals surface area contributed by atoms with E-state index in [2.05, 4.69) is 15.5 Å². The summed E-state index contributed by atoms with van der Waals surface area (Å²) in [5.41, 5.74) is 1.93. The fourth-order valence-electron chi connectivity index (χ4n) is 2.94. The number of ether oxygens (including phenoxy) is 1. The van der Waals surface area contributed by atoms with Gasteiger partial charge in [0.15, 0.2) is 0 Å². The van der Waals surface area contributed by atoms with E-state index in [1.165, 1.54) is 0 Å². The Morgan fingerprint density at radius 2 is 1.79 bits per heavy atom. The summed E-state index contributed by atoms with van der Waals surface area (Å²) in [5.74, 6) is -0.450. The molecular formula is C18H25N3O3. The highest BCUT2D eigenvalue weighted by molar-refractivity contribution is 5.99. The van der Waals surface area contributed by atoms with Gasteiger partial charge in [-0.25, -0.2) is 0 Å². The Morgan fingerprint density at radius 3 is 2.50 bits per heavy atom. The van der Waals surface area contributed by atoms with Crippen LogP contribution in [0.25, 0.3) is 0 Å². The average Bonchev–Trinajstić information content (AvgIpc) is 3.39. The first-order valence-corrected chi connectivity index (χ1v) is 8.59. The number of hydrogen-bond donors (Lipinski definition) is 2. The first-order chi connectivity index (χ1) is 11.6. The molecule has 6 nitrogen and oxygen atoms in total. The summed E-state index contributed by atoms with van der Waals surface area (Å²) in [4.78, 5) is 26.6. The predicted molar refractivity (Wildman–Crippen MR) is 91.7 cm³/mol. The zero-order valence-corrected chi connectivity index (χ0v) is 14.1. The molecule has 24 heavy (non-hydrogen) atoms. The molecule has 3 rings (SSSR count). The van der Waals surface area contributed by atoms with Crippen LogP contribution in [-0.2, 0) is 14.3 Å². The minimum atomic E-state index is -0.199. The van der Waals surface area contributed by atoms with Crippen LogP contribution in [0.1, 0.15) is 12.0 Å². The summed E-state index contributed by atoms with van der Waals surface area (Å²) < 4.78 is 5.30. The molecule has 2 fully saturated rings. The first kappa shape index (κ1) is 16.9. The number of amides is 2. The Balaban J connectivity index is 1.37. The molecule has 2 aliphatic rings. The van der Waals surface area contributed by atoms with Crippen molar-refractivity contribution in [2.75, 3.05) is 44.7 Å². The lowest BCUT2D eigenvalue weighted by Crippen LogP contribution is -2.41. The van der Waals surface area contributed by atoms with E-state index in [4.69, 9.17) is 4.74 Å². The minimum absolute atomic E-state index is 0.00712. The maximum absolute atomic E-state index is 12.2. The van der Waals surface area contributed by atoms with Gasteiger partial charge in [0.25, 0.3) is 0 Å². The second kappa shape index (κ2) is 7.77. The Morgan fingerprint density at radius 1 is 1.12 bits per heavy atom. The van der Waals surface area contributed by atoms with Gasteiger partial charge in [0.1, 0.15) is 0 Å². The third-order valence-electron chi connectivity index (χ3n) is 4.61. The van der Waals surface area contributed by atoms with Gasteiger partial charge in [-0.2, -0.15) is 0 Å². The van der Waals surface area contributed by atoms with Crippen molar-refractivity contribution in [3.8, 4) is 0 Å². The number of morpholine rings is 1. The van der Waals surface area contributed by atoms with Crippen molar-refractivity contribution in [1.29, 1.82) is 0 Å². The maximum atomic E-state index is 12.2. The monoisotopic (exact) mass is 331 g/mol. The molecule has 0 radical (unpaired) electrons. The number of anilines is 1. The van der Waals surface area contributed by atoms with Crippen molar-refractivity contribution in [3.63, 3.8) is 0 Å². The van der Waals surface area contributed by atoms with E-state index in [-0.39, 0.29) is 23.7 Å². The van der Waals surface area contributed by atoms with Crippen molar-refractivity contribution in [3.05, 3.63) is 29.8 Å². The van der Waals surface area contributed by atoms with Gasteiger partial charge in [0, 0.05) is 31.9 Å². The molecule has 0 spiro atoms. The molecule has 2 amide bonds. The van der Waals surface area contributed by atoms with E-state index in [0.717, 1.165) is 44.1 Å². The summed E-state index contributed by atoms with van der Waals surface area (Å²) in [6.07, 6.45) is 0.640. The molecule has 2 unspecified atom stereocenters. The summed E-state index contributed by atoms with van der Waals surface area (Å²) in [7, 11) is 0. The molecule has 0 aromatic heterocycles. The lowest BCUT2D eigenvalue weighted by atomic mass is 10.2. The van der Waals surface area contributed by atoms with E-state index in [9.17, 15) is 9.59 Å². The molecule has 1 saturated heterocycles. The predicted octanol–water partition coefficient (Wildman–Crippen LogP) is 1.02. The molecule has 130 valence electrons. The van der Waals surface area contributed by atoms with Crippen LogP contribution in [0, 0.1) is 18.8 Å². The molecule has 2 N–H and O–H groups in total. The fourth-order valence-corrected chi connectivity index (χ4v) is 2.94. The van der Waals surface area contributed by atoms with Gasteiger partial charge in [0.05, 0.1) is 25.0 Å². The molecule has 0 bridgehead atoms. The number of nitrogens with one attached hydrogen (secondary N) is 2. The van der Waals surface area contributed by atoms with Crippen LogP contribution >= 0.6 is 0 Å². The third kappa shape index (κ3) is 4.55. The highest BCUT2D eigenvalue weighted by atomic mass is 16.5. The number of rotatable bonds is 6. The zero-order chi connectivity index (χ0) is 16.9. The van der Waals surface area contributed by atoms with E-state index >= 15 is 0 Å². The summed E-state index contributed by atoms with van der Waals surface area (Å²) in [6, 6.07) is 7.68. The fraction of sp³-hybridized carbons (Fsp3) is 0.556. The van der Waals surface area contributed by atoms with Gasteiger partial charge in [-0.15, -0.1) is 0 Å². The number of hydrogen-bond acceptors (Lipinski definition) is 4. The Bertz CT molecular complexity index is 582. The molecule has 1 aliphatic carbocycles. The van der Waals surface area contributed by atoms with Gasteiger partial charge >= 0.3 is 0 Å². The first-order valence-electron chi connectivity index (χ1n) is 8.59. The second-order valence-corrected chi connectivity index (χ2v) is 6.55. The summed E-state index contributed by atoms with van der Waals surface area (Å²) in [5, 5.41) is 5.83. The Hall–Kier alpha value is -1.92. The van der Waals surface area contributed by atoms with Crippen LogP contribution in [0.15, 0.2) is 24.3 Å². The van der Waals surface area contributed by atoms with Crippen molar-refractivity contribution in [2.45, 2.75) is 13.3 Å². The van der Waals surface area contributed by atoms with Gasteiger partial charge in [-0.3, -0.25) is 14.5 Å². The van der Waals surface area contributed by atoms with E-state index in [1.54, 1.807) is 0 Å². The highest BCUT2D eigenvalue weighted by Crippen LogP contribution is 2.39. The van der Waals surface area contributed by atoms with E-state index in [0.29, 0.717) is 13.0 Å². The summed E-state index contributed by atoms with van der Waals surface area (Å²) >= 11 is 0. The van der Waals surface area contributed by atoms with E-state index < -0.39 is 0 Å². The third-order valence-corrected chi connectivity index (χ3v) is 4.61. The van der Waals surface area contributed by atoms with Crippen LogP contribution in [-0.4, -0.2) is 56.1 Å². The minimum Gasteiger partial charge on any atom is -0.379 e. The largest absolute Gasteiger partial charge is 0.379 e. The molecule has 1 aliphatic heterocycles. The SMILES string of the molecule is Cc1ccc(NC(=O)C2CC2C(=O)NCCN2CCOCC2)cc1. The van der Waals surface area contributed by atoms with Gasteiger partial charge in [-0.05, 0) is 25.5 Å². The molecule has 1 aromatic carbocycles. The number of nitrogens with zero attached hydrogens (tertiary/aromatic N) is 1. The van der Waals surface area contributed by atoms with Gasteiger partial charge in [-0.1, -0.05) is 17.7 Å².